The average Bonchev–Trinajstić information content (AvgIpc) is 3.34. The van der Waals surface area contributed by atoms with E-state index >= 15 is 0 Å². The van der Waals surface area contributed by atoms with Gasteiger partial charge >= 0.3 is 12.1 Å². The number of aliphatic carboxylic acids is 1. The number of carboxylic acids is 1. The van der Waals surface area contributed by atoms with Crippen molar-refractivity contribution in [2.45, 2.75) is 63.1 Å². The molecule has 176 valence electrons. The maximum atomic E-state index is 12.9. The number of hydrogen-bond acceptors (Lipinski definition) is 5. The molecule has 3 aliphatic rings. The van der Waals surface area contributed by atoms with Crippen LogP contribution in [0.4, 0.5) is 13.2 Å². The Morgan fingerprint density at radius 2 is 2.06 bits per heavy atom. The molecule has 1 saturated carbocycles. The molecule has 1 aliphatic heterocycles. The van der Waals surface area contributed by atoms with E-state index in [1.54, 1.807) is 6.20 Å². The molecule has 7 nitrogen and oxygen atoms in total. The zero-order chi connectivity index (χ0) is 23.1. The molecule has 2 fully saturated rings. The van der Waals surface area contributed by atoms with Gasteiger partial charge in [-0.25, -0.2) is 4.79 Å². The van der Waals surface area contributed by atoms with Gasteiger partial charge in [-0.3, -0.25) is 9.78 Å². The summed E-state index contributed by atoms with van der Waals surface area (Å²) in [6.45, 7) is 1.81. The third-order valence-electron chi connectivity index (χ3n) is 5.83. The number of rotatable bonds is 5. The highest BCUT2D eigenvalue weighted by atomic mass is 19.4. The highest BCUT2D eigenvalue weighted by Crippen LogP contribution is 2.34. The molecular weight excluding hydrogens is 429 g/mol. The Kier molecular flexibility index (Phi) is 8.25. The largest absolute Gasteiger partial charge is 0.490 e. The number of allylic oxidation sites excluding steroid dienone is 2. The van der Waals surface area contributed by atoms with Gasteiger partial charge in [-0.05, 0) is 43.2 Å². The Balaban J connectivity index is 0.000000360. The summed E-state index contributed by atoms with van der Waals surface area (Å²) in [6.07, 6.45) is 7.71. The van der Waals surface area contributed by atoms with E-state index in [-0.39, 0.29) is 24.2 Å². The molecule has 2 bridgehead atoms. The van der Waals surface area contributed by atoms with Crippen molar-refractivity contribution in [2.24, 2.45) is 5.92 Å². The Hall–Kier alpha value is -2.46. The van der Waals surface area contributed by atoms with Crippen LogP contribution in [0.1, 0.15) is 37.7 Å². The van der Waals surface area contributed by atoms with Crippen molar-refractivity contribution in [1.82, 2.24) is 9.88 Å². The van der Waals surface area contributed by atoms with Crippen LogP contribution in [0.15, 0.2) is 36.7 Å². The monoisotopic (exact) mass is 456 g/mol. The van der Waals surface area contributed by atoms with Gasteiger partial charge < -0.3 is 19.5 Å². The lowest BCUT2D eigenvalue weighted by Crippen LogP contribution is -2.46. The fourth-order valence-electron chi connectivity index (χ4n) is 4.30. The third-order valence-corrected chi connectivity index (χ3v) is 5.83. The number of nitrogens with zero attached hydrogens (tertiary/aromatic N) is 2. The number of hydrogen-bond donors (Lipinski definition) is 1. The van der Waals surface area contributed by atoms with Gasteiger partial charge in [0.1, 0.15) is 6.10 Å². The topological polar surface area (TPSA) is 89.0 Å². The first-order valence-corrected chi connectivity index (χ1v) is 10.6. The number of carbonyl (C=O) groups is 2. The molecule has 4 rings (SSSR count). The lowest BCUT2D eigenvalue weighted by Gasteiger charge is -2.32. The van der Waals surface area contributed by atoms with E-state index in [2.05, 4.69) is 17.1 Å². The number of amides is 1. The van der Waals surface area contributed by atoms with Gasteiger partial charge in [-0.15, -0.1) is 0 Å². The van der Waals surface area contributed by atoms with Crippen LogP contribution in [0, 0.1) is 5.92 Å². The van der Waals surface area contributed by atoms with E-state index in [0.29, 0.717) is 32.1 Å². The summed E-state index contributed by atoms with van der Waals surface area (Å²) >= 11 is 0. The van der Waals surface area contributed by atoms with Crippen molar-refractivity contribution in [2.75, 3.05) is 13.2 Å². The molecule has 32 heavy (non-hydrogen) atoms. The number of ether oxygens (including phenoxy) is 2. The minimum Gasteiger partial charge on any atom is -0.475 e. The van der Waals surface area contributed by atoms with Crippen LogP contribution in [0.5, 0.6) is 0 Å². The van der Waals surface area contributed by atoms with Gasteiger partial charge in [0.05, 0.1) is 25.4 Å². The second kappa shape index (κ2) is 10.9. The van der Waals surface area contributed by atoms with Crippen LogP contribution in [-0.4, -0.2) is 64.4 Å². The predicted octanol–water partition coefficient (Wildman–Crippen LogP) is 3.35. The quantitative estimate of drug-likeness (QED) is 0.684. The smallest absolute Gasteiger partial charge is 0.475 e. The van der Waals surface area contributed by atoms with Crippen LogP contribution in [0.25, 0.3) is 0 Å². The molecule has 0 radical (unpaired) electrons. The first-order valence-electron chi connectivity index (χ1n) is 10.6. The lowest BCUT2D eigenvalue weighted by atomic mass is 10.0. The van der Waals surface area contributed by atoms with Crippen molar-refractivity contribution < 1.29 is 37.3 Å². The number of carbonyl (C=O) groups excluding carboxylic acids is 1. The number of aromatic nitrogens is 1. The molecule has 4 unspecified atom stereocenters. The van der Waals surface area contributed by atoms with Crippen molar-refractivity contribution >= 4 is 11.9 Å². The maximum Gasteiger partial charge on any atom is 0.490 e. The average molecular weight is 456 g/mol. The Labute approximate surface area is 184 Å². The van der Waals surface area contributed by atoms with Crippen LogP contribution in [0.2, 0.25) is 0 Å². The van der Waals surface area contributed by atoms with E-state index in [4.69, 9.17) is 19.4 Å². The van der Waals surface area contributed by atoms with E-state index in [0.717, 1.165) is 31.2 Å². The highest BCUT2D eigenvalue weighted by molar-refractivity contribution is 5.77. The Morgan fingerprint density at radius 1 is 1.28 bits per heavy atom. The molecule has 2 aliphatic carbocycles. The minimum atomic E-state index is -5.08. The van der Waals surface area contributed by atoms with Crippen molar-refractivity contribution in [3.63, 3.8) is 0 Å². The first-order chi connectivity index (χ1) is 15.3. The molecule has 1 amide bonds. The van der Waals surface area contributed by atoms with Crippen molar-refractivity contribution in [1.29, 1.82) is 0 Å². The fraction of sp³-hybridized carbons (Fsp3) is 0.591. The third kappa shape index (κ3) is 6.52. The van der Waals surface area contributed by atoms with Crippen LogP contribution in [-0.2, 0) is 25.7 Å². The predicted molar refractivity (Wildman–Crippen MR) is 107 cm³/mol. The van der Waals surface area contributed by atoms with Gasteiger partial charge in [0.2, 0.25) is 5.91 Å². The first kappa shape index (κ1) is 24.2. The summed E-state index contributed by atoms with van der Waals surface area (Å²) in [7, 11) is 0. The van der Waals surface area contributed by atoms with Crippen LogP contribution >= 0.6 is 0 Å². The highest BCUT2D eigenvalue weighted by Gasteiger charge is 2.44. The summed E-state index contributed by atoms with van der Waals surface area (Å²) in [5, 5.41) is 7.12. The van der Waals surface area contributed by atoms with Gasteiger partial charge in [0.25, 0.3) is 0 Å². The molecule has 1 aromatic rings. The molecule has 10 heteroatoms. The van der Waals surface area contributed by atoms with Crippen LogP contribution in [0.3, 0.4) is 0 Å². The van der Waals surface area contributed by atoms with Crippen molar-refractivity contribution in [3.05, 3.63) is 42.2 Å². The summed E-state index contributed by atoms with van der Waals surface area (Å²) in [5.74, 6) is -2.10. The molecule has 0 spiro atoms. The van der Waals surface area contributed by atoms with Crippen molar-refractivity contribution in [3.8, 4) is 0 Å². The number of fused-ring (bicyclic) bond motifs is 2. The Bertz CT molecular complexity index is 803. The number of halogens is 3. The molecule has 4 atom stereocenters. The second-order valence-electron chi connectivity index (χ2n) is 8.05. The van der Waals surface area contributed by atoms with Gasteiger partial charge in [-0.1, -0.05) is 18.2 Å². The van der Waals surface area contributed by atoms with Gasteiger partial charge in [0.15, 0.2) is 0 Å². The number of pyridine rings is 1. The molecule has 1 aromatic heterocycles. The maximum absolute atomic E-state index is 12.9. The zero-order valence-electron chi connectivity index (χ0n) is 17.5. The summed E-state index contributed by atoms with van der Waals surface area (Å²) in [4.78, 5) is 28.0. The summed E-state index contributed by atoms with van der Waals surface area (Å²) < 4.78 is 43.9. The van der Waals surface area contributed by atoms with E-state index < -0.39 is 12.1 Å². The minimum absolute atomic E-state index is 0.0363. The SMILES string of the molecule is O=C(CC1C=CCC1)N1CCOC2CCC1C2OCc1cccnc1.O=C(O)C(F)(F)F. The number of carboxylic acid groups (broad SMARTS) is 1. The number of alkyl halides is 3. The summed E-state index contributed by atoms with van der Waals surface area (Å²) in [5.41, 5.74) is 1.06. The van der Waals surface area contributed by atoms with E-state index in [1.165, 1.54) is 0 Å². The van der Waals surface area contributed by atoms with E-state index in [1.807, 2.05) is 23.2 Å². The lowest BCUT2D eigenvalue weighted by molar-refractivity contribution is -0.192. The molecule has 0 aromatic carbocycles. The standard InChI is InChI=1S/C20H26N2O3.C2HF3O2/c23-19(12-15-4-1-2-5-15)22-10-11-24-18-8-7-17(22)20(18)25-14-16-6-3-9-21-13-16;3-2(4,5)1(6)7/h1,3-4,6,9,13,15,17-18,20H,2,5,7-8,10-12,14H2;(H,6,7). The molecular formula is C22H27F3N2O5. The second-order valence-corrected chi connectivity index (χ2v) is 8.05. The van der Waals surface area contributed by atoms with Crippen LogP contribution < -0.4 is 0 Å². The van der Waals surface area contributed by atoms with Gasteiger partial charge in [0, 0.05) is 25.4 Å². The molecule has 2 heterocycles. The molecule has 1 saturated heterocycles. The summed E-state index contributed by atoms with van der Waals surface area (Å²) in [6, 6.07) is 4.07. The Morgan fingerprint density at radius 3 is 2.69 bits per heavy atom. The van der Waals surface area contributed by atoms with Gasteiger partial charge in [-0.2, -0.15) is 13.2 Å². The zero-order valence-corrected chi connectivity index (χ0v) is 17.5. The fourth-order valence-corrected chi connectivity index (χ4v) is 4.30. The molecule has 1 N–H and O–H groups in total. The van der Waals surface area contributed by atoms with E-state index in [9.17, 15) is 18.0 Å². The normalized spacial score (nSPS) is 26.9.